The van der Waals surface area contributed by atoms with Crippen LogP contribution in [0.5, 0.6) is 0 Å². The first-order valence-corrected chi connectivity index (χ1v) is 5.89. The summed E-state index contributed by atoms with van der Waals surface area (Å²) in [5.74, 6) is -1.18. The van der Waals surface area contributed by atoms with Gasteiger partial charge in [-0.25, -0.2) is 8.78 Å². The van der Waals surface area contributed by atoms with Crippen LogP contribution in [0.15, 0.2) is 42.5 Å². The molecule has 2 atom stereocenters. The van der Waals surface area contributed by atoms with Crippen LogP contribution >= 0.6 is 11.6 Å². The highest BCUT2D eigenvalue weighted by atomic mass is 35.5. The summed E-state index contributed by atoms with van der Waals surface area (Å²) in [7, 11) is 0. The van der Waals surface area contributed by atoms with Gasteiger partial charge in [0, 0.05) is 22.2 Å². The van der Waals surface area contributed by atoms with Gasteiger partial charge in [-0.3, -0.25) is 0 Å². The highest BCUT2D eigenvalue weighted by molar-refractivity contribution is 6.31. The lowest BCUT2D eigenvalue weighted by atomic mass is 10.0. The van der Waals surface area contributed by atoms with Gasteiger partial charge in [0.15, 0.2) is 0 Å². The third-order valence-electron chi connectivity index (χ3n) is 2.97. The predicted octanol–water partition coefficient (Wildman–Crippen LogP) is 4.43. The smallest absolute Gasteiger partial charge is 0.132 e. The molecule has 2 aromatic carbocycles. The van der Waals surface area contributed by atoms with Crippen LogP contribution in [0.4, 0.5) is 8.78 Å². The molecule has 0 aromatic heterocycles. The first-order chi connectivity index (χ1) is 8.66. The van der Waals surface area contributed by atoms with Crippen LogP contribution < -0.4 is 0 Å². The molecule has 1 heterocycles. The Morgan fingerprint density at radius 2 is 1.67 bits per heavy atom. The van der Waals surface area contributed by atoms with Crippen LogP contribution in [-0.4, -0.2) is 0 Å². The molecular weight excluding hydrogens is 258 g/mol. The molecule has 0 spiro atoms. The molecule has 0 radical (unpaired) electrons. The van der Waals surface area contributed by atoms with Gasteiger partial charge in [0.05, 0.1) is 0 Å². The Morgan fingerprint density at radius 1 is 0.944 bits per heavy atom. The minimum Gasteiger partial charge on any atom is -0.359 e. The third-order valence-corrected chi connectivity index (χ3v) is 3.32. The van der Waals surface area contributed by atoms with E-state index in [0.717, 1.165) is 11.6 Å². The molecule has 0 bridgehead atoms. The number of rotatable bonds is 2. The fourth-order valence-electron chi connectivity index (χ4n) is 2.02. The van der Waals surface area contributed by atoms with E-state index in [1.807, 2.05) is 18.2 Å². The molecule has 0 N–H and O–H groups in total. The maximum Gasteiger partial charge on any atom is 0.132 e. The normalized spacial score (nSPS) is 21.9. The molecule has 0 aliphatic carbocycles. The summed E-state index contributed by atoms with van der Waals surface area (Å²) in [5, 5.41) is 0.590. The first-order valence-electron chi connectivity index (χ1n) is 5.51. The van der Waals surface area contributed by atoms with Crippen molar-refractivity contribution in [1.82, 2.24) is 0 Å². The fraction of sp³-hybridized carbons (Fsp3) is 0.143. The molecule has 1 unspecified atom stereocenters. The second-order valence-corrected chi connectivity index (χ2v) is 4.57. The lowest BCUT2D eigenvalue weighted by Gasteiger charge is -2.01. The Kier molecular flexibility index (Phi) is 2.80. The van der Waals surface area contributed by atoms with Gasteiger partial charge >= 0.3 is 0 Å². The molecule has 0 saturated carbocycles. The van der Waals surface area contributed by atoms with E-state index in [9.17, 15) is 8.78 Å². The maximum absolute atomic E-state index is 13.6. The van der Waals surface area contributed by atoms with Gasteiger partial charge in [-0.15, -0.1) is 0 Å². The topological polar surface area (TPSA) is 12.5 Å². The van der Waals surface area contributed by atoms with Gasteiger partial charge in [0.1, 0.15) is 23.8 Å². The van der Waals surface area contributed by atoms with Crippen molar-refractivity contribution in [2.75, 3.05) is 0 Å². The van der Waals surface area contributed by atoms with E-state index in [2.05, 4.69) is 0 Å². The summed E-state index contributed by atoms with van der Waals surface area (Å²) in [6.45, 7) is 0. The zero-order valence-electron chi connectivity index (χ0n) is 9.24. The van der Waals surface area contributed by atoms with Gasteiger partial charge in [0.2, 0.25) is 0 Å². The Morgan fingerprint density at radius 3 is 2.39 bits per heavy atom. The Bertz CT molecular complexity index is 600. The fourth-order valence-corrected chi connectivity index (χ4v) is 2.27. The Labute approximate surface area is 108 Å². The highest BCUT2D eigenvalue weighted by Gasteiger charge is 2.43. The van der Waals surface area contributed by atoms with E-state index in [4.69, 9.17) is 16.3 Å². The number of halogens is 3. The van der Waals surface area contributed by atoms with Gasteiger partial charge in [-0.05, 0) is 12.1 Å². The van der Waals surface area contributed by atoms with E-state index in [0.29, 0.717) is 10.6 Å². The molecule has 1 nitrogen and oxygen atoms in total. The molecule has 18 heavy (non-hydrogen) atoms. The molecule has 4 heteroatoms. The molecule has 1 saturated heterocycles. The van der Waals surface area contributed by atoms with Crippen molar-refractivity contribution in [3.05, 3.63) is 70.2 Å². The summed E-state index contributed by atoms with van der Waals surface area (Å²) in [6, 6.07) is 10.8. The van der Waals surface area contributed by atoms with Crippen molar-refractivity contribution in [2.24, 2.45) is 0 Å². The molecule has 1 fully saturated rings. The lowest BCUT2D eigenvalue weighted by Crippen LogP contribution is -1.91. The monoisotopic (exact) mass is 266 g/mol. The minimum absolute atomic E-state index is 0.251. The maximum atomic E-state index is 13.6. The number of epoxide rings is 1. The highest BCUT2D eigenvalue weighted by Crippen LogP contribution is 2.53. The third kappa shape index (κ3) is 2.00. The number of hydrogen-bond donors (Lipinski definition) is 0. The average molecular weight is 267 g/mol. The van der Waals surface area contributed by atoms with Crippen LogP contribution in [0.2, 0.25) is 5.02 Å². The van der Waals surface area contributed by atoms with Gasteiger partial charge in [-0.1, -0.05) is 35.9 Å². The zero-order chi connectivity index (χ0) is 12.7. The van der Waals surface area contributed by atoms with Gasteiger partial charge in [0.25, 0.3) is 0 Å². The number of hydrogen-bond acceptors (Lipinski definition) is 1. The summed E-state index contributed by atoms with van der Waals surface area (Å²) in [4.78, 5) is 0. The quantitative estimate of drug-likeness (QED) is 0.733. The van der Waals surface area contributed by atoms with E-state index in [1.165, 1.54) is 12.1 Å². The van der Waals surface area contributed by atoms with Gasteiger partial charge in [-0.2, -0.15) is 0 Å². The number of benzene rings is 2. The summed E-state index contributed by atoms with van der Waals surface area (Å²) >= 11 is 6.04. The van der Waals surface area contributed by atoms with Crippen molar-refractivity contribution in [1.29, 1.82) is 0 Å². The average Bonchev–Trinajstić information content (AvgIpc) is 3.09. The summed E-state index contributed by atoms with van der Waals surface area (Å²) in [6.07, 6.45) is -0.635. The predicted molar refractivity (Wildman–Crippen MR) is 64.4 cm³/mol. The van der Waals surface area contributed by atoms with Crippen molar-refractivity contribution in [3.63, 3.8) is 0 Å². The molecular formula is C14H9ClF2O. The van der Waals surface area contributed by atoms with E-state index >= 15 is 0 Å². The molecule has 3 rings (SSSR count). The molecule has 1 aliphatic heterocycles. The Balaban J connectivity index is 1.88. The number of ether oxygens (including phenoxy) is 1. The molecule has 2 aromatic rings. The zero-order valence-corrected chi connectivity index (χ0v) is 9.99. The molecule has 92 valence electrons. The van der Waals surface area contributed by atoms with Crippen LogP contribution in [-0.2, 0) is 4.74 Å². The van der Waals surface area contributed by atoms with Crippen molar-refractivity contribution in [3.8, 4) is 0 Å². The second-order valence-electron chi connectivity index (χ2n) is 4.16. The molecule has 1 aliphatic rings. The summed E-state index contributed by atoms with van der Waals surface area (Å²) < 4.78 is 31.8. The standard InChI is InChI=1S/C14H9ClF2O/c15-11-4-2-1-3-9(11)13-14(18-13)10-6-5-8(16)7-12(10)17/h1-7,13-14H/t13-,14?/m0/s1. The van der Waals surface area contributed by atoms with Crippen molar-refractivity contribution in [2.45, 2.75) is 12.2 Å². The van der Waals surface area contributed by atoms with Crippen LogP contribution in [0, 0.1) is 11.6 Å². The lowest BCUT2D eigenvalue weighted by molar-refractivity contribution is 0.373. The van der Waals surface area contributed by atoms with Crippen molar-refractivity contribution >= 4 is 11.6 Å². The van der Waals surface area contributed by atoms with E-state index < -0.39 is 11.6 Å². The van der Waals surface area contributed by atoms with Crippen LogP contribution in [0.25, 0.3) is 0 Å². The van der Waals surface area contributed by atoms with Crippen LogP contribution in [0.3, 0.4) is 0 Å². The largest absolute Gasteiger partial charge is 0.359 e. The van der Waals surface area contributed by atoms with E-state index in [-0.39, 0.29) is 12.2 Å². The molecule has 0 amide bonds. The summed E-state index contributed by atoms with van der Waals surface area (Å²) in [5.41, 5.74) is 1.19. The Hall–Kier alpha value is -1.45. The SMILES string of the molecule is Fc1ccc(C2O[C@H]2c2ccccc2Cl)c(F)c1. The van der Waals surface area contributed by atoms with Crippen molar-refractivity contribution < 1.29 is 13.5 Å². The second kappa shape index (κ2) is 4.34. The minimum atomic E-state index is -0.591. The van der Waals surface area contributed by atoms with Crippen LogP contribution in [0.1, 0.15) is 23.3 Å². The van der Waals surface area contributed by atoms with Gasteiger partial charge < -0.3 is 4.74 Å². The van der Waals surface area contributed by atoms with E-state index in [1.54, 1.807) is 6.07 Å². The first kappa shape index (κ1) is 11.6.